The number of azo groups is 2. The fourth-order valence-corrected chi connectivity index (χ4v) is 6.78. The number of aromatic carboxylic acids is 1. The number of hydrogen-bond acceptors (Lipinski definition) is 13. The number of carboxylic acids is 1. The first-order valence-electron chi connectivity index (χ1n) is 13.9. The van der Waals surface area contributed by atoms with Crippen LogP contribution >= 0.6 is 0 Å². The van der Waals surface area contributed by atoms with Gasteiger partial charge in [-0.1, -0.05) is 12.1 Å². The van der Waals surface area contributed by atoms with Crippen molar-refractivity contribution in [3.63, 3.8) is 0 Å². The third-order valence-electron chi connectivity index (χ3n) is 7.27. The second-order valence-corrected chi connectivity index (χ2v) is 14.7. The summed E-state index contributed by atoms with van der Waals surface area (Å²) in [6.45, 7) is 0. The lowest BCUT2D eigenvalue weighted by Crippen LogP contribution is -2.01. The average molecular weight is 753 g/mol. The molecule has 18 nitrogen and oxygen atoms in total. The molecule has 0 atom stereocenters. The van der Waals surface area contributed by atoms with Crippen molar-refractivity contribution in [1.82, 2.24) is 9.97 Å². The molecule has 6 rings (SSSR count). The van der Waals surface area contributed by atoms with Crippen LogP contribution in [0.2, 0.25) is 0 Å². The topological polar surface area (TPSA) is 299 Å². The van der Waals surface area contributed by atoms with Crippen molar-refractivity contribution in [3.8, 4) is 17.1 Å². The molecule has 51 heavy (non-hydrogen) atoms. The summed E-state index contributed by atoms with van der Waals surface area (Å²) in [5.74, 6) is -2.30. The summed E-state index contributed by atoms with van der Waals surface area (Å²) in [4.78, 5) is 17.5. The number of aromatic amines is 1. The average Bonchev–Trinajstić information content (AvgIpc) is 3.51. The molecule has 5 aromatic carbocycles. The molecule has 21 heteroatoms. The lowest BCUT2D eigenvalue weighted by atomic mass is 10.1. The van der Waals surface area contributed by atoms with Gasteiger partial charge >= 0.3 is 5.97 Å². The van der Waals surface area contributed by atoms with E-state index in [1.54, 1.807) is 0 Å². The van der Waals surface area contributed by atoms with Crippen LogP contribution in [0.5, 0.6) is 5.75 Å². The number of fused-ring (bicyclic) bond motifs is 3. The number of nitrogens with zero attached hydrogens (tertiary/aromatic N) is 5. The minimum Gasteiger partial charge on any atom is -0.505 e. The number of hydrogen-bond donors (Lipinski definition) is 6. The Kier molecular flexibility index (Phi) is 8.70. The Bertz CT molecular complexity index is 2820. The van der Waals surface area contributed by atoms with Crippen molar-refractivity contribution in [3.05, 3.63) is 90.5 Å². The van der Waals surface area contributed by atoms with E-state index in [4.69, 9.17) is 4.55 Å². The molecule has 0 fully saturated rings. The highest BCUT2D eigenvalue weighted by Crippen LogP contribution is 2.44. The molecule has 0 saturated heterocycles. The first-order chi connectivity index (χ1) is 23.9. The summed E-state index contributed by atoms with van der Waals surface area (Å²) in [7, 11) is -14.2. The molecule has 1 heterocycles. The van der Waals surface area contributed by atoms with Crippen LogP contribution in [0.15, 0.2) is 120 Å². The van der Waals surface area contributed by atoms with Gasteiger partial charge in [-0.25, -0.2) is 9.78 Å². The van der Waals surface area contributed by atoms with Crippen molar-refractivity contribution >= 4 is 80.9 Å². The number of aromatic hydroxyl groups is 1. The molecule has 260 valence electrons. The van der Waals surface area contributed by atoms with Crippen molar-refractivity contribution in [2.24, 2.45) is 20.5 Å². The minimum absolute atomic E-state index is 0.00762. The van der Waals surface area contributed by atoms with Gasteiger partial charge in [-0.05, 0) is 72.8 Å². The van der Waals surface area contributed by atoms with Crippen LogP contribution < -0.4 is 0 Å². The molecule has 0 bridgehead atoms. The number of phenols is 1. The van der Waals surface area contributed by atoms with E-state index in [9.17, 15) is 49.4 Å². The Morgan fingerprint density at radius 3 is 1.96 bits per heavy atom. The summed E-state index contributed by atoms with van der Waals surface area (Å²) < 4.78 is 100. The maximum atomic E-state index is 12.5. The van der Waals surface area contributed by atoms with Gasteiger partial charge in [0.1, 0.15) is 27.0 Å². The molecule has 0 amide bonds. The largest absolute Gasteiger partial charge is 0.505 e. The molecule has 6 aromatic rings. The summed E-state index contributed by atoms with van der Waals surface area (Å²) in [5, 5.41) is 36.4. The van der Waals surface area contributed by atoms with Crippen LogP contribution in [0.4, 0.5) is 22.7 Å². The normalized spacial score (nSPS) is 12.8. The number of carbonyl (C=O) groups is 1. The van der Waals surface area contributed by atoms with Gasteiger partial charge in [0.25, 0.3) is 30.4 Å². The first-order valence-corrected chi connectivity index (χ1v) is 18.2. The molecule has 0 aliphatic heterocycles. The molecule has 6 N–H and O–H groups in total. The number of imidazole rings is 1. The van der Waals surface area contributed by atoms with E-state index in [2.05, 4.69) is 30.4 Å². The highest BCUT2D eigenvalue weighted by molar-refractivity contribution is 7.86. The fourth-order valence-electron chi connectivity index (χ4n) is 4.96. The van der Waals surface area contributed by atoms with Gasteiger partial charge in [-0.15, -0.1) is 10.2 Å². The highest BCUT2D eigenvalue weighted by atomic mass is 32.2. The molecule has 1 aromatic heterocycles. The monoisotopic (exact) mass is 752 g/mol. The molecule has 0 aliphatic carbocycles. The highest BCUT2D eigenvalue weighted by Gasteiger charge is 2.25. The summed E-state index contributed by atoms with van der Waals surface area (Å²) in [5.41, 5.74) is -1.05. The molecule has 0 aliphatic rings. The van der Waals surface area contributed by atoms with Crippen molar-refractivity contribution in [2.75, 3.05) is 0 Å². The molecule has 0 radical (unpaired) electrons. The van der Waals surface area contributed by atoms with E-state index in [0.717, 1.165) is 36.4 Å². The van der Waals surface area contributed by atoms with Gasteiger partial charge in [0.2, 0.25) is 0 Å². The van der Waals surface area contributed by atoms with Crippen molar-refractivity contribution in [2.45, 2.75) is 14.7 Å². The third kappa shape index (κ3) is 7.05. The van der Waals surface area contributed by atoms with E-state index in [0.29, 0.717) is 0 Å². The van der Waals surface area contributed by atoms with Crippen molar-refractivity contribution in [1.29, 1.82) is 0 Å². The lowest BCUT2D eigenvalue weighted by Gasteiger charge is -2.09. The Morgan fingerprint density at radius 2 is 1.31 bits per heavy atom. The first kappa shape index (κ1) is 34.9. The predicted molar refractivity (Wildman–Crippen MR) is 178 cm³/mol. The van der Waals surface area contributed by atoms with E-state index in [-0.39, 0.29) is 55.2 Å². The maximum absolute atomic E-state index is 12.5. The van der Waals surface area contributed by atoms with Gasteiger partial charge in [-0.3, -0.25) is 13.7 Å². The second kappa shape index (κ2) is 12.7. The fraction of sp³-hybridized carbons (Fsp3) is 0. The number of phenolic OH excluding ortho intramolecular Hbond substituents is 1. The van der Waals surface area contributed by atoms with Crippen LogP contribution in [-0.2, 0) is 30.4 Å². The van der Waals surface area contributed by atoms with Crippen LogP contribution in [0.3, 0.4) is 0 Å². The number of aromatic nitrogens is 2. The summed E-state index contributed by atoms with van der Waals surface area (Å²) >= 11 is 0. The van der Waals surface area contributed by atoms with E-state index >= 15 is 0 Å². The Balaban J connectivity index is 1.41. The number of benzene rings is 5. The number of nitrogens with one attached hydrogen (secondary N) is 1. The number of rotatable bonds is 9. The van der Waals surface area contributed by atoms with Gasteiger partial charge in [0, 0.05) is 16.3 Å². The van der Waals surface area contributed by atoms with Gasteiger partial charge in [0.05, 0.1) is 32.9 Å². The Hall–Kier alpha value is -5.97. The molecule has 0 unspecified atom stereocenters. The van der Waals surface area contributed by atoms with Gasteiger partial charge in [-0.2, -0.15) is 35.5 Å². The second-order valence-electron chi connectivity index (χ2n) is 10.5. The van der Waals surface area contributed by atoms with Crippen LogP contribution in [0.25, 0.3) is 33.2 Å². The molecule has 0 spiro atoms. The number of H-pyrrole nitrogens is 1. The minimum atomic E-state index is -5.12. The zero-order valence-electron chi connectivity index (χ0n) is 25.1. The third-order valence-corrected chi connectivity index (χ3v) is 9.92. The zero-order chi connectivity index (χ0) is 36.9. The van der Waals surface area contributed by atoms with Crippen LogP contribution in [0.1, 0.15) is 10.4 Å². The standard InChI is InChI=1S/C30H20N6O12S3/c37-28-18-10-12-23-26(32-29(31-23)19-3-1-2-4-24(19)50(43,44)45)20(18)14-25(51(46,47)48)27(28)36-35-22-11-7-16(13-21(22)30(38)39)34-33-15-5-8-17(9-6-15)49(40,41)42/h1-14,37H,(H,31,32)(H,38,39)(H,40,41,42)(H,43,44,45)(H,46,47,48). The molecular formula is C30H20N6O12S3. The zero-order valence-corrected chi connectivity index (χ0v) is 27.6. The smallest absolute Gasteiger partial charge is 0.338 e. The van der Waals surface area contributed by atoms with Crippen LogP contribution in [-0.4, -0.2) is 65.1 Å². The summed E-state index contributed by atoms with van der Waals surface area (Å²) in [6, 6.07) is 17.3. The Morgan fingerprint density at radius 1 is 0.667 bits per heavy atom. The predicted octanol–water partition coefficient (Wildman–Crippen LogP) is 6.36. The van der Waals surface area contributed by atoms with Crippen LogP contribution in [0, 0.1) is 0 Å². The maximum Gasteiger partial charge on any atom is 0.338 e. The van der Waals surface area contributed by atoms with E-state index in [1.807, 2.05) is 0 Å². The number of carboxylic acid groups (broad SMARTS) is 1. The van der Waals surface area contributed by atoms with Gasteiger partial charge in [0.15, 0.2) is 5.75 Å². The van der Waals surface area contributed by atoms with Crippen molar-refractivity contribution < 1.29 is 53.9 Å². The Labute approximate surface area is 286 Å². The molecule has 0 saturated carbocycles. The summed E-state index contributed by atoms with van der Waals surface area (Å²) in [6.07, 6.45) is 0. The molecular weight excluding hydrogens is 733 g/mol. The van der Waals surface area contributed by atoms with E-state index in [1.165, 1.54) is 48.5 Å². The quantitative estimate of drug-likeness (QED) is 0.0693. The van der Waals surface area contributed by atoms with Gasteiger partial charge < -0.3 is 15.2 Å². The van der Waals surface area contributed by atoms with E-state index < -0.39 is 63.1 Å². The lowest BCUT2D eigenvalue weighted by molar-refractivity contribution is 0.0697. The SMILES string of the molecule is O=C(O)c1cc(N=Nc2ccc(S(=O)(=O)O)cc2)ccc1N=Nc1c(S(=O)(=O)O)cc2c(ccc3nc(-c4ccccc4S(=O)(=O)O)[nH]c32)c1O.